The Morgan fingerprint density at radius 2 is 1.88 bits per heavy atom. The highest BCUT2D eigenvalue weighted by Gasteiger charge is 2.27. The second kappa shape index (κ2) is 8.86. The van der Waals surface area contributed by atoms with Gasteiger partial charge in [0, 0.05) is 25.2 Å². The molecule has 3 unspecified atom stereocenters. The Labute approximate surface area is 106 Å². The van der Waals surface area contributed by atoms with Crippen molar-refractivity contribution in [1.29, 1.82) is 0 Å². The number of nitrogens with zero attached hydrogens (tertiary/aromatic N) is 1. The molecule has 0 saturated carbocycles. The van der Waals surface area contributed by atoms with Crippen LogP contribution in [0, 0.1) is 5.92 Å². The fraction of sp³-hybridized carbons (Fsp3) is 1.00. The fourth-order valence-corrected chi connectivity index (χ4v) is 2.40. The van der Waals surface area contributed by atoms with E-state index in [4.69, 9.17) is 10.5 Å². The van der Waals surface area contributed by atoms with Gasteiger partial charge in [0.25, 0.3) is 0 Å². The van der Waals surface area contributed by atoms with Crippen molar-refractivity contribution in [3.63, 3.8) is 0 Å². The number of nitrogens with two attached hydrogens (primary N) is 1. The molecule has 0 aromatic rings. The van der Waals surface area contributed by atoms with Gasteiger partial charge in [-0.1, -0.05) is 20.8 Å². The van der Waals surface area contributed by atoms with E-state index in [1.165, 1.54) is 0 Å². The molecule has 0 aromatic carbocycles. The van der Waals surface area contributed by atoms with Crippen molar-refractivity contribution < 1.29 is 9.84 Å². The van der Waals surface area contributed by atoms with Crippen molar-refractivity contribution in [3.8, 4) is 0 Å². The van der Waals surface area contributed by atoms with Gasteiger partial charge in [0.1, 0.15) is 0 Å². The molecule has 3 N–H and O–H groups in total. The van der Waals surface area contributed by atoms with Crippen LogP contribution in [0.2, 0.25) is 0 Å². The molecular weight excluding hydrogens is 216 g/mol. The lowest BCUT2D eigenvalue weighted by Gasteiger charge is -2.38. The number of methoxy groups -OCH3 is 1. The van der Waals surface area contributed by atoms with Gasteiger partial charge in [-0.2, -0.15) is 0 Å². The van der Waals surface area contributed by atoms with E-state index >= 15 is 0 Å². The number of likely N-dealkylation sites (N-methyl/N-ethyl adjacent to an activating group) is 1. The van der Waals surface area contributed by atoms with E-state index in [2.05, 4.69) is 32.6 Å². The monoisotopic (exact) mass is 246 g/mol. The smallest absolute Gasteiger partial charge is 0.0615 e. The molecule has 0 spiro atoms. The third-order valence-electron chi connectivity index (χ3n) is 3.19. The van der Waals surface area contributed by atoms with Gasteiger partial charge < -0.3 is 15.6 Å². The Balaban J connectivity index is 4.56. The second-order valence-electron chi connectivity index (χ2n) is 5.18. The quantitative estimate of drug-likeness (QED) is 0.639. The molecule has 104 valence electrons. The first-order chi connectivity index (χ1) is 7.97. The van der Waals surface area contributed by atoms with Gasteiger partial charge in [-0.25, -0.2) is 0 Å². The average Bonchev–Trinajstić information content (AvgIpc) is 2.24. The normalized spacial score (nSPS) is 17.5. The Hall–Kier alpha value is -0.160. The molecule has 4 nitrogen and oxygen atoms in total. The van der Waals surface area contributed by atoms with Crippen LogP contribution in [0.4, 0.5) is 0 Å². The predicted octanol–water partition coefficient (Wildman–Crippen LogP) is 1.08. The number of hydrogen-bond acceptors (Lipinski definition) is 4. The molecule has 0 amide bonds. The van der Waals surface area contributed by atoms with E-state index in [0.717, 1.165) is 13.0 Å². The van der Waals surface area contributed by atoms with Crippen LogP contribution in [0.15, 0.2) is 0 Å². The second-order valence-corrected chi connectivity index (χ2v) is 5.18. The number of aliphatic hydroxyl groups excluding tert-OH is 1. The van der Waals surface area contributed by atoms with E-state index in [1.807, 2.05) is 0 Å². The van der Waals surface area contributed by atoms with Crippen molar-refractivity contribution in [3.05, 3.63) is 0 Å². The molecule has 3 atom stereocenters. The molecule has 0 rings (SSSR count). The van der Waals surface area contributed by atoms with Crippen molar-refractivity contribution in [2.24, 2.45) is 11.7 Å². The predicted molar refractivity (Wildman–Crippen MR) is 72.0 cm³/mol. The van der Waals surface area contributed by atoms with Crippen molar-refractivity contribution in [1.82, 2.24) is 4.90 Å². The summed E-state index contributed by atoms with van der Waals surface area (Å²) in [6.07, 6.45) is 0.932. The van der Waals surface area contributed by atoms with Crippen LogP contribution in [0.3, 0.4) is 0 Å². The SMILES string of the molecule is CCN(C(C)COC)C(CO)C(N)CC(C)C. The standard InChI is InChI=1S/C13H30N2O2/c1-6-15(11(4)9-17-5)13(8-16)12(14)7-10(2)3/h10-13,16H,6-9,14H2,1-5H3. The summed E-state index contributed by atoms with van der Waals surface area (Å²) < 4.78 is 5.18. The van der Waals surface area contributed by atoms with Crippen molar-refractivity contribution >= 4 is 0 Å². The minimum atomic E-state index is 0.0132. The van der Waals surface area contributed by atoms with Crippen LogP contribution in [0.25, 0.3) is 0 Å². The van der Waals surface area contributed by atoms with Gasteiger partial charge in [0.2, 0.25) is 0 Å². The lowest BCUT2D eigenvalue weighted by atomic mass is 9.96. The first-order valence-electron chi connectivity index (χ1n) is 6.58. The Bertz CT molecular complexity index is 188. The zero-order valence-electron chi connectivity index (χ0n) is 12.0. The minimum absolute atomic E-state index is 0.0132. The third kappa shape index (κ3) is 5.82. The van der Waals surface area contributed by atoms with Gasteiger partial charge in [0.15, 0.2) is 0 Å². The van der Waals surface area contributed by atoms with Crippen LogP contribution in [-0.2, 0) is 4.74 Å². The summed E-state index contributed by atoms with van der Waals surface area (Å²) in [5.41, 5.74) is 6.20. The summed E-state index contributed by atoms with van der Waals surface area (Å²) in [6.45, 7) is 10.2. The van der Waals surface area contributed by atoms with Gasteiger partial charge in [-0.15, -0.1) is 0 Å². The topological polar surface area (TPSA) is 58.7 Å². The molecule has 0 aliphatic rings. The molecule has 0 fully saturated rings. The molecule has 0 bridgehead atoms. The molecule has 0 radical (unpaired) electrons. The van der Waals surface area contributed by atoms with Crippen molar-refractivity contribution in [2.45, 2.75) is 52.2 Å². The molecule has 17 heavy (non-hydrogen) atoms. The highest BCUT2D eigenvalue weighted by molar-refractivity contribution is 4.84. The molecule has 4 heteroatoms. The van der Waals surface area contributed by atoms with Gasteiger partial charge in [0.05, 0.1) is 13.2 Å². The largest absolute Gasteiger partial charge is 0.395 e. The van der Waals surface area contributed by atoms with Crippen LogP contribution in [0.1, 0.15) is 34.1 Å². The molecular formula is C13H30N2O2. The summed E-state index contributed by atoms with van der Waals surface area (Å²) in [4.78, 5) is 2.23. The van der Waals surface area contributed by atoms with Crippen LogP contribution >= 0.6 is 0 Å². The molecule has 0 aliphatic heterocycles. The summed E-state index contributed by atoms with van der Waals surface area (Å²) in [6, 6.07) is 0.312. The highest BCUT2D eigenvalue weighted by atomic mass is 16.5. The number of hydrogen-bond donors (Lipinski definition) is 2. The fourth-order valence-electron chi connectivity index (χ4n) is 2.40. The molecule has 0 heterocycles. The molecule has 0 saturated heterocycles. The van der Waals surface area contributed by atoms with Crippen LogP contribution in [0.5, 0.6) is 0 Å². The Kier molecular flexibility index (Phi) is 8.78. The van der Waals surface area contributed by atoms with E-state index in [1.54, 1.807) is 7.11 Å². The zero-order chi connectivity index (χ0) is 13.4. The Morgan fingerprint density at radius 3 is 2.24 bits per heavy atom. The maximum absolute atomic E-state index is 9.57. The molecule has 0 aromatic heterocycles. The van der Waals surface area contributed by atoms with E-state index in [0.29, 0.717) is 12.5 Å². The van der Waals surface area contributed by atoms with Crippen molar-refractivity contribution in [2.75, 3.05) is 26.9 Å². The Morgan fingerprint density at radius 1 is 1.29 bits per heavy atom. The summed E-state index contributed by atoms with van der Waals surface area (Å²) in [7, 11) is 1.70. The van der Waals surface area contributed by atoms with Crippen LogP contribution < -0.4 is 5.73 Å². The maximum atomic E-state index is 9.57. The van der Waals surface area contributed by atoms with E-state index < -0.39 is 0 Å². The summed E-state index contributed by atoms with van der Waals surface area (Å²) in [5, 5.41) is 9.57. The summed E-state index contributed by atoms with van der Waals surface area (Å²) >= 11 is 0. The first-order valence-corrected chi connectivity index (χ1v) is 6.58. The summed E-state index contributed by atoms with van der Waals surface area (Å²) in [5.74, 6) is 0.551. The highest BCUT2D eigenvalue weighted by Crippen LogP contribution is 2.14. The maximum Gasteiger partial charge on any atom is 0.0615 e. The van der Waals surface area contributed by atoms with Gasteiger partial charge in [-0.05, 0) is 25.8 Å². The third-order valence-corrected chi connectivity index (χ3v) is 3.19. The lowest BCUT2D eigenvalue weighted by Crippen LogP contribution is -2.54. The number of aliphatic hydroxyl groups is 1. The molecule has 0 aliphatic carbocycles. The van der Waals surface area contributed by atoms with Gasteiger partial charge in [-0.3, -0.25) is 4.90 Å². The van der Waals surface area contributed by atoms with Gasteiger partial charge >= 0.3 is 0 Å². The number of rotatable bonds is 9. The average molecular weight is 246 g/mol. The first kappa shape index (κ1) is 16.8. The zero-order valence-corrected chi connectivity index (χ0v) is 12.0. The minimum Gasteiger partial charge on any atom is -0.395 e. The number of ether oxygens (including phenoxy) is 1. The van der Waals surface area contributed by atoms with E-state index in [9.17, 15) is 5.11 Å². The van der Waals surface area contributed by atoms with E-state index in [-0.39, 0.29) is 24.7 Å². The van der Waals surface area contributed by atoms with Crippen LogP contribution in [-0.4, -0.2) is 55.0 Å². The lowest BCUT2D eigenvalue weighted by molar-refractivity contribution is 0.0353.